The fraction of sp³-hybridized carbons (Fsp3) is 0.261. The van der Waals surface area contributed by atoms with Gasteiger partial charge in [0.25, 0.3) is 0 Å². The Kier molecular flexibility index (Phi) is 5.08. The number of H-pyrrole nitrogens is 1. The summed E-state index contributed by atoms with van der Waals surface area (Å²) >= 11 is 3.01. The molecule has 0 spiro atoms. The summed E-state index contributed by atoms with van der Waals surface area (Å²) in [6.07, 6.45) is 0.857. The average molecular weight is 435 g/mol. The predicted molar refractivity (Wildman–Crippen MR) is 122 cm³/mol. The van der Waals surface area contributed by atoms with E-state index >= 15 is 0 Å². The van der Waals surface area contributed by atoms with Crippen LogP contribution < -0.4 is 0 Å². The van der Waals surface area contributed by atoms with Gasteiger partial charge in [0.15, 0.2) is 4.34 Å². The number of aromatic amines is 1. The van der Waals surface area contributed by atoms with E-state index in [4.69, 9.17) is 0 Å². The van der Waals surface area contributed by atoms with Crippen LogP contribution in [0.1, 0.15) is 33.4 Å². The predicted octanol–water partition coefficient (Wildman–Crippen LogP) is 4.90. The zero-order valence-corrected chi connectivity index (χ0v) is 18.5. The van der Waals surface area contributed by atoms with E-state index in [-0.39, 0.29) is 11.9 Å². The van der Waals surface area contributed by atoms with Crippen molar-refractivity contribution in [2.75, 3.05) is 12.3 Å². The first-order chi connectivity index (χ1) is 14.6. The van der Waals surface area contributed by atoms with E-state index in [1.54, 1.807) is 0 Å². The van der Waals surface area contributed by atoms with Crippen molar-refractivity contribution in [2.45, 2.75) is 30.6 Å². The number of hydrogen-bond donors (Lipinski definition) is 1. The van der Waals surface area contributed by atoms with Gasteiger partial charge < -0.3 is 9.88 Å². The Balaban J connectivity index is 1.53. The minimum absolute atomic E-state index is 0.105. The van der Waals surface area contributed by atoms with Crippen LogP contribution in [0.3, 0.4) is 0 Å². The smallest absolute Gasteiger partial charge is 0.233 e. The van der Waals surface area contributed by atoms with Gasteiger partial charge in [-0.1, -0.05) is 65.6 Å². The number of amides is 1. The molecule has 152 valence electrons. The van der Waals surface area contributed by atoms with Crippen LogP contribution in [0.4, 0.5) is 0 Å². The number of thioether (sulfide) groups is 1. The molecule has 2 aromatic carbocycles. The summed E-state index contributed by atoms with van der Waals surface area (Å²) in [5.74, 6) is 0.498. The van der Waals surface area contributed by atoms with Gasteiger partial charge in [0.2, 0.25) is 5.91 Å². The van der Waals surface area contributed by atoms with Crippen LogP contribution in [0.15, 0.2) is 52.9 Å². The molecule has 5 rings (SSSR count). The minimum atomic E-state index is -0.105. The van der Waals surface area contributed by atoms with E-state index in [1.165, 1.54) is 45.2 Å². The number of fused-ring (bicyclic) bond motifs is 3. The van der Waals surface area contributed by atoms with Crippen molar-refractivity contribution in [3.63, 3.8) is 0 Å². The second-order valence-electron chi connectivity index (χ2n) is 7.53. The second kappa shape index (κ2) is 7.89. The summed E-state index contributed by atoms with van der Waals surface area (Å²) in [5, 5.41) is 10.4. The molecule has 0 radical (unpaired) electrons. The largest absolute Gasteiger partial charge is 0.356 e. The lowest BCUT2D eigenvalue weighted by atomic mass is 9.90. The SMILES string of the molecule is Cc1nnc(SCC(=O)N2CCc3c([nH]c4ccccc34)[C@@H]2c2ccccc2C)s1. The number of hydrogen-bond acceptors (Lipinski definition) is 5. The second-order valence-corrected chi connectivity index (χ2v) is 9.94. The molecule has 4 aromatic rings. The number of benzene rings is 2. The van der Waals surface area contributed by atoms with Crippen LogP contribution in [-0.4, -0.2) is 38.3 Å². The van der Waals surface area contributed by atoms with Crippen molar-refractivity contribution in [1.29, 1.82) is 0 Å². The van der Waals surface area contributed by atoms with Crippen LogP contribution in [0.25, 0.3) is 10.9 Å². The first kappa shape index (κ1) is 19.3. The highest BCUT2D eigenvalue weighted by atomic mass is 32.2. The fourth-order valence-electron chi connectivity index (χ4n) is 4.27. The molecule has 5 nitrogen and oxygen atoms in total. The van der Waals surface area contributed by atoms with E-state index in [9.17, 15) is 4.79 Å². The van der Waals surface area contributed by atoms with Gasteiger partial charge in [0.05, 0.1) is 11.8 Å². The van der Waals surface area contributed by atoms with Gasteiger partial charge in [-0.3, -0.25) is 4.79 Å². The van der Waals surface area contributed by atoms with Crippen molar-refractivity contribution < 1.29 is 4.79 Å². The number of nitrogens with zero attached hydrogens (tertiary/aromatic N) is 3. The average Bonchev–Trinajstić information content (AvgIpc) is 3.35. The first-order valence-electron chi connectivity index (χ1n) is 9.99. The maximum Gasteiger partial charge on any atom is 0.233 e. The molecule has 1 atom stereocenters. The van der Waals surface area contributed by atoms with E-state index in [1.807, 2.05) is 17.9 Å². The van der Waals surface area contributed by atoms with Crippen LogP contribution >= 0.6 is 23.1 Å². The van der Waals surface area contributed by atoms with Crippen molar-refractivity contribution >= 4 is 39.9 Å². The first-order valence-corrected chi connectivity index (χ1v) is 11.8. The van der Waals surface area contributed by atoms with Crippen LogP contribution in [0.5, 0.6) is 0 Å². The van der Waals surface area contributed by atoms with Gasteiger partial charge in [-0.15, -0.1) is 10.2 Å². The summed E-state index contributed by atoms with van der Waals surface area (Å²) in [7, 11) is 0. The molecule has 1 aliphatic heterocycles. The molecule has 1 amide bonds. The fourth-order valence-corrected chi connectivity index (χ4v) is 5.97. The number of carbonyl (C=O) groups excluding carboxylic acids is 1. The summed E-state index contributed by atoms with van der Waals surface area (Å²) in [5.41, 5.74) is 5.97. The molecule has 7 heteroatoms. The standard InChI is InChI=1S/C23H22N4OS2/c1-14-7-3-4-8-16(14)22-21-18(17-9-5-6-10-19(17)24-21)11-12-27(22)20(28)13-29-23-26-25-15(2)30-23/h3-10,22,24H,11-13H2,1-2H3/t22-/m0/s1. The Morgan fingerprint density at radius 1 is 1.17 bits per heavy atom. The van der Waals surface area contributed by atoms with Gasteiger partial charge in [-0.25, -0.2) is 0 Å². The Morgan fingerprint density at radius 2 is 1.97 bits per heavy atom. The number of nitrogens with one attached hydrogen (secondary N) is 1. The van der Waals surface area contributed by atoms with Crippen molar-refractivity contribution in [3.05, 3.63) is 75.9 Å². The van der Waals surface area contributed by atoms with Gasteiger partial charge >= 0.3 is 0 Å². The molecular weight excluding hydrogens is 412 g/mol. The minimum Gasteiger partial charge on any atom is -0.356 e. The number of para-hydroxylation sites is 1. The summed E-state index contributed by atoms with van der Waals surface area (Å²) in [6.45, 7) is 4.76. The van der Waals surface area contributed by atoms with Crippen LogP contribution in [0, 0.1) is 13.8 Å². The number of aromatic nitrogens is 3. The Hall–Kier alpha value is -2.64. The molecule has 2 aromatic heterocycles. The third kappa shape index (κ3) is 3.42. The molecule has 0 saturated heterocycles. The van der Waals surface area contributed by atoms with Crippen molar-refractivity contribution in [1.82, 2.24) is 20.1 Å². The van der Waals surface area contributed by atoms with E-state index < -0.39 is 0 Å². The number of aryl methyl sites for hydroxylation is 2. The van der Waals surface area contributed by atoms with Crippen LogP contribution in [-0.2, 0) is 11.2 Å². The molecule has 30 heavy (non-hydrogen) atoms. The molecule has 1 aliphatic rings. The van der Waals surface area contributed by atoms with Gasteiger partial charge in [-0.05, 0) is 43.0 Å². The molecule has 0 bridgehead atoms. The third-order valence-corrected chi connectivity index (χ3v) is 7.62. The zero-order chi connectivity index (χ0) is 20.7. The highest BCUT2D eigenvalue weighted by molar-refractivity contribution is 8.01. The molecule has 0 saturated carbocycles. The van der Waals surface area contributed by atoms with E-state index in [2.05, 4.69) is 64.6 Å². The Labute approximate surface area is 183 Å². The molecule has 3 heterocycles. The maximum absolute atomic E-state index is 13.3. The van der Waals surface area contributed by atoms with Crippen LogP contribution in [0.2, 0.25) is 0 Å². The quantitative estimate of drug-likeness (QED) is 0.464. The van der Waals surface area contributed by atoms with Gasteiger partial charge in [-0.2, -0.15) is 0 Å². The monoisotopic (exact) mass is 434 g/mol. The lowest BCUT2D eigenvalue weighted by Gasteiger charge is -2.37. The Bertz CT molecular complexity index is 1230. The van der Waals surface area contributed by atoms with Crippen molar-refractivity contribution in [3.8, 4) is 0 Å². The highest BCUT2D eigenvalue weighted by Gasteiger charge is 2.35. The molecule has 0 aliphatic carbocycles. The summed E-state index contributed by atoms with van der Waals surface area (Å²) in [4.78, 5) is 19.0. The molecule has 0 unspecified atom stereocenters. The Morgan fingerprint density at radius 3 is 2.77 bits per heavy atom. The maximum atomic E-state index is 13.3. The molecule has 1 N–H and O–H groups in total. The summed E-state index contributed by atoms with van der Waals surface area (Å²) in [6, 6.07) is 16.7. The number of carbonyl (C=O) groups is 1. The topological polar surface area (TPSA) is 61.9 Å². The normalized spacial score (nSPS) is 16.1. The molecule has 0 fully saturated rings. The van der Waals surface area contributed by atoms with Gasteiger partial charge in [0.1, 0.15) is 5.01 Å². The number of rotatable bonds is 4. The van der Waals surface area contributed by atoms with E-state index in [0.29, 0.717) is 12.3 Å². The third-order valence-electron chi connectivity index (χ3n) is 5.66. The lowest BCUT2D eigenvalue weighted by Crippen LogP contribution is -2.41. The zero-order valence-electron chi connectivity index (χ0n) is 16.9. The summed E-state index contributed by atoms with van der Waals surface area (Å²) < 4.78 is 0.844. The lowest BCUT2D eigenvalue weighted by molar-refractivity contribution is -0.130. The van der Waals surface area contributed by atoms with E-state index in [0.717, 1.165) is 27.0 Å². The molecular formula is C23H22N4OS2. The van der Waals surface area contributed by atoms with Crippen molar-refractivity contribution in [2.24, 2.45) is 0 Å². The highest BCUT2D eigenvalue weighted by Crippen LogP contribution is 2.39. The van der Waals surface area contributed by atoms with Gasteiger partial charge in [0, 0.05) is 23.1 Å².